The van der Waals surface area contributed by atoms with Gasteiger partial charge in [0.15, 0.2) is 0 Å². The zero-order valence-corrected chi connectivity index (χ0v) is 15.2. The summed E-state index contributed by atoms with van der Waals surface area (Å²) in [6, 6.07) is 16.0. The SMILES string of the molecule is COc1cccc(C2CCCN2Cc2cc(=O)n3c(C)cccc3n2)c1. The molecule has 1 saturated heterocycles. The molecule has 0 bridgehead atoms. The molecule has 2 aromatic heterocycles. The number of hydrogen-bond donors (Lipinski definition) is 0. The fraction of sp³-hybridized carbons (Fsp3) is 0.333. The Morgan fingerprint density at radius 2 is 2.04 bits per heavy atom. The monoisotopic (exact) mass is 349 g/mol. The van der Waals surface area contributed by atoms with Gasteiger partial charge >= 0.3 is 0 Å². The molecule has 4 rings (SSSR count). The normalized spacial score (nSPS) is 17.7. The Morgan fingerprint density at radius 1 is 1.19 bits per heavy atom. The van der Waals surface area contributed by atoms with Crippen LogP contribution in [0.25, 0.3) is 5.65 Å². The molecule has 0 N–H and O–H groups in total. The van der Waals surface area contributed by atoms with E-state index in [-0.39, 0.29) is 5.56 Å². The van der Waals surface area contributed by atoms with Crippen LogP contribution in [0.2, 0.25) is 0 Å². The van der Waals surface area contributed by atoms with Crippen LogP contribution in [0.1, 0.15) is 35.8 Å². The minimum absolute atomic E-state index is 0.0137. The molecule has 1 aromatic carbocycles. The van der Waals surface area contributed by atoms with Crippen molar-refractivity contribution >= 4 is 5.65 Å². The first-order chi connectivity index (χ1) is 12.7. The summed E-state index contributed by atoms with van der Waals surface area (Å²) in [5, 5.41) is 0. The molecule has 1 fully saturated rings. The molecule has 1 aliphatic rings. The van der Waals surface area contributed by atoms with Crippen LogP contribution >= 0.6 is 0 Å². The van der Waals surface area contributed by atoms with E-state index >= 15 is 0 Å². The number of likely N-dealkylation sites (tertiary alicyclic amines) is 1. The Balaban J connectivity index is 1.64. The number of aromatic nitrogens is 2. The molecular formula is C21H23N3O2. The Hall–Kier alpha value is -2.66. The standard InChI is InChI=1S/C21H23N3O2/c1-15-6-3-10-20-22-17(13-21(25)24(15)20)14-23-11-5-9-19(23)16-7-4-8-18(12-16)26-2/h3-4,6-8,10,12-13,19H,5,9,11,14H2,1-2H3. The first kappa shape index (κ1) is 16.8. The molecule has 0 spiro atoms. The van der Waals surface area contributed by atoms with Gasteiger partial charge in [-0.3, -0.25) is 14.1 Å². The third-order valence-corrected chi connectivity index (χ3v) is 5.14. The zero-order valence-electron chi connectivity index (χ0n) is 15.2. The van der Waals surface area contributed by atoms with Gasteiger partial charge in [-0.1, -0.05) is 18.2 Å². The number of fused-ring (bicyclic) bond motifs is 1. The van der Waals surface area contributed by atoms with Crippen LogP contribution in [0.5, 0.6) is 5.75 Å². The van der Waals surface area contributed by atoms with Crippen LogP contribution in [-0.4, -0.2) is 27.9 Å². The van der Waals surface area contributed by atoms with E-state index in [1.165, 1.54) is 5.56 Å². The van der Waals surface area contributed by atoms with Crippen molar-refractivity contribution in [3.05, 3.63) is 75.8 Å². The van der Waals surface area contributed by atoms with Gasteiger partial charge in [0, 0.05) is 24.3 Å². The third-order valence-electron chi connectivity index (χ3n) is 5.14. The Labute approximate surface area is 152 Å². The number of benzene rings is 1. The second-order valence-corrected chi connectivity index (χ2v) is 6.85. The number of methoxy groups -OCH3 is 1. The van der Waals surface area contributed by atoms with Crippen LogP contribution in [0.15, 0.2) is 53.3 Å². The van der Waals surface area contributed by atoms with Crippen molar-refractivity contribution in [2.75, 3.05) is 13.7 Å². The van der Waals surface area contributed by atoms with E-state index < -0.39 is 0 Å². The highest BCUT2D eigenvalue weighted by atomic mass is 16.5. The fourth-order valence-electron chi connectivity index (χ4n) is 3.89. The first-order valence-electron chi connectivity index (χ1n) is 9.02. The fourth-order valence-corrected chi connectivity index (χ4v) is 3.89. The van der Waals surface area contributed by atoms with Crippen molar-refractivity contribution in [3.8, 4) is 5.75 Å². The van der Waals surface area contributed by atoms with Gasteiger partial charge in [0.1, 0.15) is 11.4 Å². The molecule has 1 atom stereocenters. The molecule has 0 radical (unpaired) electrons. The predicted molar refractivity (Wildman–Crippen MR) is 102 cm³/mol. The van der Waals surface area contributed by atoms with Gasteiger partial charge in [-0.25, -0.2) is 4.98 Å². The van der Waals surface area contributed by atoms with Crippen molar-refractivity contribution in [1.82, 2.24) is 14.3 Å². The summed E-state index contributed by atoms with van der Waals surface area (Å²) in [5.74, 6) is 0.881. The minimum Gasteiger partial charge on any atom is -0.497 e. The molecule has 0 saturated carbocycles. The number of aryl methyl sites for hydroxylation is 1. The number of ether oxygens (including phenoxy) is 1. The second kappa shape index (κ2) is 6.92. The quantitative estimate of drug-likeness (QED) is 0.725. The molecule has 1 aliphatic heterocycles. The number of hydrogen-bond acceptors (Lipinski definition) is 4. The molecule has 1 unspecified atom stereocenters. The average Bonchev–Trinajstić information content (AvgIpc) is 3.09. The lowest BCUT2D eigenvalue weighted by Crippen LogP contribution is -2.25. The summed E-state index contributed by atoms with van der Waals surface area (Å²) < 4.78 is 7.03. The molecule has 26 heavy (non-hydrogen) atoms. The van der Waals surface area contributed by atoms with Crippen LogP contribution in [0.3, 0.4) is 0 Å². The summed E-state index contributed by atoms with van der Waals surface area (Å²) in [4.78, 5) is 19.6. The van der Waals surface area contributed by atoms with E-state index in [1.54, 1.807) is 17.6 Å². The second-order valence-electron chi connectivity index (χ2n) is 6.85. The maximum atomic E-state index is 12.5. The van der Waals surface area contributed by atoms with Crippen LogP contribution in [0, 0.1) is 6.92 Å². The van der Waals surface area contributed by atoms with E-state index in [4.69, 9.17) is 9.72 Å². The highest BCUT2D eigenvalue weighted by molar-refractivity contribution is 5.40. The van der Waals surface area contributed by atoms with Gasteiger partial charge in [0.2, 0.25) is 0 Å². The molecular weight excluding hydrogens is 326 g/mol. The maximum absolute atomic E-state index is 12.5. The highest BCUT2D eigenvalue weighted by Gasteiger charge is 2.26. The lowest BCUT2D eigenvalue weighted by molar-refractivity contribution is 0.245. The van der Waals surface area contributed by atoms with E-state index in [9.17, 15) is 4.79 Å². The van der Waals surface area contributed by atoms with E-state index in [0.29, 0.717) is 18.2 Å². The summed E-state index contributed by atoms with van der Waals surface area (Å²) in [6.07, 6.45) is 2.26. The molecule has 3 heterocycles. The van der Waals surface area contributed by atoms with Gasteiger partial charge in [0.05, 0.1) is 12.8 Å². The van der Waals surface area contributed by atoms with Crippen LogP contribution in [-0.2, 0) is 6.54 Å². The highest BCUT2D eigenvalue weighted by Crippen LogP contribution is 2.34. The van der Waals surface area contributed by atoms with E-state index in [2.05, 4.69) is 17.0 Å². The molecule has 3 aromatic rings. The number of rotatable bonds is 4. The molecule has 0 amide bonds. The third kappa shape index (κ3) is 3.10. The Bertz CT molecular complexity index is 996. The smallest absolute Gasteiger partial charge is 0.258 e. The average molecular weight is 349 g/mol. The summed E-state index contributed by atoms with van der Waals surface area (Å²) in [5.41, 5.74) is 3.69. The van der Waals surface area contributed by atoms with Gasteiger partial charge < -0.3 is 4.74 Å². The first-order valence-corrected chi connectivity index (χ1v) is 9.02. The summed E-state index contributed by atoms with van der Waals surface area (Å²) >= 11 is 0. The Kier molecular flexibility index (Phi) is 4.47. The molecule has 5 nitrogen and oxygen atoms in total. The van der Waals surface area contributed by atoms with E-state index in [1.807, 2.05) is 37.3 Å². The number of pyridine rings is 1. The summed E-state index contributed by atoms with van der Waals surface area (Å²) in [6.45, 7) is 3.62. The lowest BCUT2D eigenvalue weighted by atomic mass is 10.0. The van der Waals surface area contributed by atoms with E-state index in [0.717, 1.165) is 36.5 Å². The van der Waals surface area contributed by atoms with Crippen molar-refractivity contribution < 1.29 is 4.74 Å². The molecule has 5 heteroatoms. The van der Waals surface area contributed by atoms with Gasteiger partial charge in [-0.2, -0.15) is 0 Å². The topological polar surface area (TPSA) is 46.8 Å². The zero-order chi connectivity index (χ0) is 18.1. The van der Waals surface area contributed by atoms with Crippen LogP contribution < -0.4 is 10.3 Å². The largest absolute Gasteiger partial charge is 0.497 e. The minimum atomic E-state index is -0.0137. The Morgan fingerprint density at radius 3 is 2.88 bits per heavy atom. The molecule has 0 aliphatic carbocycles. The van der Waals surface area contributed by atoms with Crippen LogP contribution in [0.4, 0.5) is 0 Å². The van der Waals surface area contributed by atoms with Crippen molar-refractivity contribution in [2.24, 2.45) is 0 Å². The molecule has 134 valence electrons. The number of nitrogens with zero attached hydrogens (tertiary/aromatic N) is 3. The van der Waals surface area contributed by atoms with Gasteiger partial charge in [-0.05, 0) is 56.1 Å². The predicted octanol–water partition coefficient (Wildman–Crippen LogP) is 3.35. The van der Waals surface area contributed by atoms with Crippen molar-refractivity contribution in [2.45, 2.75) is 32.4 Å². The van der Waals surface area contributed by atoms with Crippen molar-refractivity contribution in [3.63, 3.8) is 0 Å². The summed E-state index contributed by atoms with van der Waals surface area (Å²) in [7, 11) is 1.69. The lowest BCUT2D eigenvalue weighted by Gasteiger charge is -2.25. The van der Waals surface area contributed by atoms with Gasteiger partial charge in [-0.15, -0.1) is 0 Å². The maximum Gasteiger partial charge on any atom is 0.258 e. The van der Waals surface area contributed by atoms with Crippen molar-refractivity contribution in [1.29, 1.82) is 0 Å². The van der Waals surface area contributed by atoms with Gasteiger partial charge in [0.25, 0.3) is 5.56 Å².